The monoisotopic (exact) mass is 310 g/mol. The maximum absolute atomic E-state index is 11.6. The Hall–Kier alpha value is -1.95. The molecular weight excluding hydrogens is 284 g/mol. The molecule has 0 unspecified atom stereocenters. The zero-order valence-corrected chi connectivity index (χ0v) is 13.9. The highest BCUT2D eigenvalue weighted by Gasteiger charge is 2.17. The average molecular weight is 310 g/mol. The molecule has 1 rings (SSSR count). The van der Waals surface area contributed by atoms with E-state index in [1.54, 1.807) is 13.2 Å². The van der Waals surface area contributed by atoms with Crippen molar-refractivity contribution >= 4 is 11.8 Å². The number of carbonyl (C=O) groups is 1. The van der Waals surface area contributed by atoms with Crippen LogP contribution in [0.4, 0.5) is 10.5 Å². The van der Waals surface area contributed by atoms with Crippen LogP contribution in [0.25, 0.3) is 0 Å². The maximum Gasteiger partial charge on any atom is 0.407 e. The number of ether oxygens (including phenoxy) is 3. The Balaban J connectivity index is 2.34. The van der Waals surface area contributed by atoms with Gasteiger partial charge in [-0.15, -0.1) is 0 Å². The van der Waals surface area contributed by atoms with Gasteiger partial charge in [-0.1, -0.05) is 6.07 Å². The molecule has 0 bridgehead atoms. The minimum atomic E-state index is -0.509. The molecule has 0 aliphatic carbocycles. The van der Waals surface area contributed by atoms with Gasteiger partial charge in [0.1, 0.15) is 11.4 Å². The number of hydrogen-bond donors (Lipinski definition) is 2. The standard InChI is InChI=1S/C16H26N2O4/c1-11(18-15(19)22-16(2,3)4)9-21-10-12-6-7-14(20-5)13(17)8-12/h6-8,11H,9-10,17H2,1-5H3,(H,18,19)/t11-/m1/s1. The molecule has 0 saturated heterocycles. The molecule has 0 aliphatic rings. The van der Waals surface area contributed by atoms with E-state index in [1.807, 2.05) is 39.8 Å². The number of amides is 1. The minimum absolute atomic E-state index is 0.148. The lowest BCUT2D eigenvalue weighted by molar-refractivity contribution is 0.0442. The molecule has 0 aromatic heterocycles. The topological polar surface area (TPSA) is 82.8 Å². The van der Waals surface area contributed by atoms with Crippen LogP contribution >= 0.6 is 0 Å². The third-order valence-corrected chi connectivity index (χ3v) is 2.69. The van der Waals surface area contributed by atoms with Crippen LogP contribution in [0.2, 0.25) is 0 Å². The molecule has 1 aromatic rings. The third kappa shape index (κ3) is 6.67. The lowest BCUT2D eigenvalue weighted by Crippen LogP contribution is -2.39. The second kappa shape index (κ2) is 7.89. The van der Waals surface area contributed by atoms with Crippen LogP contribution in [0.5, 0.6) is 5.75 Å². The lowest BCUT2D eigenvalue weighted by Gasteiger charge is -2.22. The van der Waals surface area contributed by atoms with Crippen LogP contribution in [0, 0.1) is 0 Å². The third-order valence-electron chi connectivity index (χ3n) is 2.69. The Morgan fingerprint density at radius 2 is 2.05 bits per heavy atom. The summed E-state index contributed by atoms with van der Waals surface area (Å²) >= 11 is 0. The number of benzene rings is 1. The van der Waals surface area contributed by atoms with E-state index in [9.17, 15) is 4.79 Å². The van der Waals surface area contributed by atoms with Crippen LogP contribution in [-0.4, -0.2) is 31.5 Å². The predicted octanol–water partition coefficient (Wildman–Crippen LogP) is 2.71. The summed E-state index contributed by atoms with van der Waals surface area (Å²) in [5.74, 6) is 0.642. The van der Waals surface area contributed by atoms with Gasteiger partial charge in [0.05, 0.1) is 32.1 Å². The van der Waals surface area contributed by atoms with E-state index in [0.29, 0.717) is 24.7 Å². The van der Waals surface area contributed by atoms with Crippen LogP contribution in [0.1, 0.15) is 33.3 Å². The van der Waals surface area contributed by atoms with Crippen molar-refractivity contribution < 1.29 is 19.0 Å². The number of carbonyl (C=O) groups excluding carboxylic acids is 1. The van der Waals surface area contributed by atoms with Crippen molar-refractivity contribution in [3.05, 3.63) is 23.8 Å². The quantitative estimate of drug-likeness (QED) is 0.789. The Labute approximate surface area is 131 Å². The molecule has 0 heterocycles. The van der Waals surface area contributed by atoms with Gasteiger partial charge in [-0.2, -0.15) is 0 Å². The summed E-state index contributed by atoms with van der Waals surface area (Å²) in [4.78, 5) is 11.6. The molecule has 0 radical (unpaired) electrons. The second-order valence-electron chi connectivity index (χ2n) is 6.14. The number of nitrogens with two attached hydrogens (primary N) is 1. The zero-order chi connectivity index (χ0) is 16.8. The number of hydrogen-bond acceptors (Lipinski definition) is 5. The van der Waals surface area contributed by atoms with Crippen LogP contribution in [-0.2, 0) is 16.1 Å². The fraction of sp³-hybridized carbons (Fsp3) is 0.562. The van der Waals surface area contributed by atoms with Crippen LogP contribution in [0.15, 0.2) is 18.2 Å². The van der Waals surface area contributed by atoms with E-state index in [-0.39, 0.29) is 6.04 Å². The maximum atomic E-state index is 11.6. The summed E-state index contributed by atoms with van der Waals surface area (Å²) in [7, 11) is 1.58. The highest BCUT2D eigenvalue weighted by Crippen LogP contribution is 2.22. The fourth-order valence-electron chi connectivity index (χ4n) is 1.78. The molecule has 22 heavy (non-hydrogen) atoms. The zero-order valence-electron chi connectivity index (χ0n) is 13.9. The number of nitrogen functional groups attached to an aromatic ring is 1. The van der Waals surface area contributed by atoms with Gasteiger partial charge in [0.15, 0.2) is 0 Å². The summed E-state index contributed by atoms with van der Waals surface area (Å²) < 4.78 is 15.9. The van der Waals surface area contributed by atoms with Gasteiger partial charge in [0.25, 0.3) is 0 Å². The van der Waals surface area contributed by atoms with E-state index in [1.165, 1.54) is 0 Å². The summed E-state index contributed by atoms with van der Waals surface area (Å²) in [6.07, 6.45) is -0.447. The van der Waals surface area contributed by atoms with Crippen molar-refractivity contribution in [2.24, 2.45) is 0 Å². The highest BCUT2D eigenvalue weighted by atomic mass is 16.6. The number of nitrogens with one attached hydrogen (secondary N) is 1. The first-order chi connectivity index (χ1) is 10.2. The molecule has 3 N–H and O–H groups in total. The molecule has 1 aromatic carbocycles. The molecule has 0 fully saturated rings. The van der Waals surface area contributed by atoms with Crippen molar-refractivity contribution in [3.63, 3.8) is 0 Å². The second-order valence-corrected chi connectivity index (χ2v) is 6.14. The van der Waals surface area contributed by atoms with E-state index in [0.717, 1.165) is 5.56 Å². The van der Waals surface area contributed by atoms with E-state index < -0.39 is 11.7 Å². The Morgan fingerprint density at radius 3 is 2.59 bits per heavy atom. The molecule has 0 saturated carbocycles. The molecule has 0 spiro atoms. The summed E-state index contributed by atoms with van der Waals surface area (Å²) in [5.41, 5.74) is 6.85. The van der Waals surface area contributed by atoms with Gasteiger partial charge in [-0.25, -0.2) is 4.79 Å². The van der Waals surface area contributed by atoms with Crippen molar-refractivity contribution in [1.29, 1.82) is 0 Å². The molecular formula is C16H26N2O4. The molecule has 1 amide bonds. The number of alkyl carbamates (subject to hydrolysis) is 1. The summed E-state index contributed by atoms with van der Waals surface area (Å²) in [5, 5.41) is 2.72. The first kappa shape index (κ1) is 18.1. The Kier molecular flexibility index (Phi) is 6.49. The Morgan fingerprint density at radius 1 is 1.36 bits per heavy atom. The van der Waals surface area contributed by atoms with Crippen LogP contribution < -0.4 is 15.8 Å². The van der Waals surface area contributed by atoms with E-state index in [2.05, 4.69) is 5.32 Å². The van der Waals surface area contributed by atoms with Gasteiger partial charge >= 0.3 is 6.09 Å². The Bertz CT molecular complexity index is 497. The first-order valence-electron chi connectivity index (χ1n) is 7.21. The van der Waals surface area contributed by atoms with Crippen molar-refractivity contribution in [3.8, 4) is 5.75 Å². The minimum Gasteiger partial charge on any atom is -0.495 e. The highest BCUT2D eigenvalue weighted by molar-refractivity contribution is 5.68. The van der Waals surface area contributed by atoms with Crippen LogP contribution in [0.3, 0.4) is 0 Å². The smallest absolute Gasteiger partial charge is 0.407 e. The molecule has 6 nitrogen and oxygen atoms in total. The first-order valence-corrected chi connectivity index (χ1v) is 7.21. The molecule has 124 valence electrons. The lowest BCUT2D eigenvalue weighted by atomic mass is 10.2. The van der Waals surface area contributed by atoms with Gasteiger partial charge in [-0.3, -0.25) is 0 Å². The predicted molar refractivity (Wildman–Crippen MR) is 85.9 cm³/mol. The van der Waals surface area contributed by atoms with E-state index >= 15 is 0 Å². The summed E-state index contributed by atoms with van der Waals surface area (Å²) in [6, 6.07) is 5.35. The largest absolute Gasteiger partial charge is 0.495 e. The van der Waals surface area contributed by atoms with Crippen molar-refractivity contribution in [2.45, 2.75) is 45.9 Å². The van der Waals surface area contributed by atoms with Gasteiger partial charge < -0.3 is 25.3 Å². The number of anilines is 1. The fourth-order valence-corrected chi connectivity index (χ4v) is 1.78. The van der Waals surface area contributed by atoms with Crippen molar-refractivity contribution in [1.82, 2.24) is 5.32 Å². The van der Waals surface area contributed by atoms with Gasteiger partial charge in [0.2, 0.25) is 0 Å². The molecule has 0 aliphatic heterocycles. The summed E-state index contributed by atoms with van der Waals surface area (Å²) in [6.45, 7) is 8.11. The van der Waals surface area contributed by atoms with E-state index in [4.69, 9.17) is 19.9 Å². The number of rotatable bonds is 6. The normalized spacial score (nSPS) is 12.6. The SMILES string of the molecule is COc1ccc(COC[C@@H](C)NC(=O)OC(C)(C)C)cc1N. The van der Waals surface area contributed by atoms with Gasteiger partial charge in [0, 0.05) is 0 Å². The molecule has 1 atom stereocenters. The number of methoxy groups -OCH3 is 1. The van der Waals surface area contributed by atoms with Gasteiger partial charge in [-0.05, 0) is 45.4 Å². The van der Waals surface area contributed by atoms with Crippen molar-refractivity contribution in [2.75, 3.05) is 19.5 Å². The average Bonchev–Trinajstić information content (AvgIpc) is 2.36. The molecule has 6 heteroatoms.